The standard InChI is InChI=1S/C22H16F2N2O2/c1-14-2-4-16(5-3-14)22-25-21(26-28-22)15-7-10-19(11-8-15)27-13-17-6-9-18(23)12-20(17)24/h2-12H,13H2,1H3. The maximum absolute atomic E-state index is 13.7. The van der Waals surface area contributed by atoms with E-state index >= 15 is 0 Å². The van der Waals surface area contributed by atoms with Crippen LogP contribution in [0.3, 0.4) is 0 Å². The second-order valence-corrected chi connectivity index (χ2v) is 6.34. The summed E-state index contributed by atoms with van der Waals surface area (Å²) in [5.41, 5.74) is 3.05. The van der Waals surface area contributed by atoms with Gasteiger partial charge in [0.2, 0.25) is 5.82 Å². The molecular formula is C22H16F2N2O2. The average Bonchev–Trinajstić information content (AvgIpc) is 3.18. The Morgan fingerprint density at radius 2 is 1.61 bits per heavy atom. The van der Waals surface area contributed by atoms with Crippen LogP contribution >= 0.6 is 0 Å². The van der Waals surface area contributed by atoms with E-state index in [0.717, 1.165) is 22.8 Å². The molecule has 0 radical (unpaired) electrons. The number of halogens is 2. The Kier molecular flexibility index (Phi) is 4.85. The molecule has 0 aliphatic heterocycles. The fraction of sp³-hybridized carbons (Fsp3) is 0.0909. The summed E-state index contributed by atoms with van der Waals surface area (Å²) in [6.45, 7) is 2.02. The van der Waals surface area contributed by atoms with Crippen LogP contribution in [0, 0.1) is 18.6 Å². The quantitative estimate of drug-likeness (QED) is 0.456. The molecule has 1 aromatic heterocycles. The third kappa shape index (κ3) is 3.91. The van der Waals surface area contributed by atoms with Crippen molar-refractivity contribution < 1.29 is 18.0 Å². The molecule has 6 heteroatoms. The first-order valence-corrected chi connectivity index (χ1v) is 8.66. The molecule has 0 unspecified atom stereocenters. The Bertz CT molecular complexity index is 1090. The van der Waals surface area contributed by atoms with Gasteiger partial charge in [0.1, 0.15) is 24.0 Å². The zero-order chi connectivity index (χ0) is 19.5. The molecule has 0 aliphatic rings. The molecule has 140 valence electrons. The van der Waals surface area contributed by atoms with Crippen LogP contribution in [0.1, 0.15) is 11.1 Å². The van der Waals surface area contributed by atoms with Crippen LogP contribution in [0.5, 0.6) is 5.75 Å². The van der Waals surface area contributed by atoms with E-state index in [-0.39, 0.29) is 12.2 Å². The number of aryl methyl sites for hydroxylation is 1. The van der Waals surface area contributed by atoms with Gasteiger partial charge in [-0.25, -0.2) is 8.78 Å². The fourth-order valence-corrected chi connectivity index (χ4v) is 2.65. The maximum atomic E-state index is 13.7. The monoisotopic (exact) mass is 378 g/mol. The molecule has 0 N–H and O–H groups in total. The molecule has 0 amide bonds. The van der Waals surface area contributed by atoms with E-state index in [0.29, 0.717) is 17.5 Å². The van der Waals surface area contributed by atoms with Gasteiger partial charge in [-0.2, -0.15) is 4.98 Å². The van der Waals surface area contributed by atoms with E-state index in [9.17, 15) is 8.78 Å². The van der Waals surface area contributed by atoms with Gasteiger partial charge >= 0.3 is 0 Å². The Balaban J connectivity index is 1.45. The molecule has 3 aromatic carbocycles. The van der Waals surface area contributed by atoms with Gasteiger partial charge in [0, 0.05) is 22.8 Å². The Morgan fingerprint density at radius 3 is 2.32 bits per heavy atom. The number of hydrogen-bond donors (Lipinski definition) is 0. The molecule has 0 spiro atoms. The fourth-order valence-electron chi connectivity index (χ4n) is 2.65. The van der Waals surface area contributed by atoms with Crippen LogP contribution in [0.25, 0.3) is 22.8 Å². The van der Waals surface area contributed by atoms with Gasteiger partial charge in [0.15, 0.2) is 0 Å². The summed E-state index contributed by atoms with van der Waals surface area (Å²) < 4.78 is 37.5. The lowest BCUT2D eigenvalue weighted by Gasteiger charge is -2.07. The summed E-state index contributed by atoms with van der Waals surface area (Å²) in [5, 5.41) is 4.02. The minimum Gasteiger partial charge on any atom is -0.489 e. The second-order valence-electron chi connectivity index (χ2n) is 6.34. The van der Waals surface area contributed by atoms with E-state index in [1.54, 1.807) is 24.3 Å². The van der Waals surface area contributed by atoms with Gasteiger partial charge in [-0.1, -0.05) is 22.9 Å². The minimum absolute atomic E-state index is 0.00520. The van der Waals surface area contributed by atoms with Crippen molar-refractivity contribution in [1.29, 1.82) is 0 Å². The molecule has 28 heavy (non-hydrogen) atoms. The first-order chi connectivity index (χ1) is 13.6. The summed E-state index contributed by atoms with van der Waals surface area (Å²) in [7, 11) is 0. The molecule has 0 saturated carbocycles. The molecule has 0 saturated heterocycles. The van der Waals surface area contributed by atoms with Crippen molar-refractivity contribution in [1.82, 2.24) is 10.1 Å². The van der Waals surface area contributed by atoms with Crippen molar-refractivity contribution in [2.45, 2.75) is 13.5 Å². The highest BCUT2D eigenvalue weighted by Crippen LogP contribution is 2.24. The van der Waals surface area contributed by atoms with Gasteiger partial charge in [0.05, 0.1) is 0 Å². The highest BCUT2D eigenvalue weighted by Gasteiger charge is 2.11. The summed E-state index contributed by atoms with van der Waals surface area (Å²) in [5.74, 6) is 0.214. The second kappa shape index (κ2) is 7.60. The van der Waals surface area contributed by atoms with Crippen LogP contribution in [-0.2, 0) is 6.61 Å². The number of rotatable bonds is 5. The molecule has 0 fully saturated rings. The number of nitrogens with zero attached hydrogens (tertiary/aromatic N) is 2. The van der Waals surface area contributed by atoms with Crippen molar-refractivity contribution in [2.75, 3.05) is 0 Å². The number of benzene rings is 3. The third-order valence-corrected chi connectivity index (χ3v) is 4.25. The van der Waals surface area contributed by atoms with Crippen LogP contribution in [0.2, 0.25) is 0 Å². The summed E-state index contributed by atoms with van der Waals surface area (Å²) in [6.07, 6.45) is 0. The van der Waals surface area contributed by atoms with Crippen LogP contribution in [-0.4, -0.2) is 10.1 Å². The normalized spacial score (nSPS) is 10.8. The first kappa shape index (κ1) is 17.9. The van der Waals surface area contributed by atoms with Crippen molar-refractivity contribution in [3.63, 3.8) is 0 Å². The maximum Gasteiger partial charge on any atom is 0.258 e. The smallest absolute Gasteiger partial charge is 0.258 e. The Labute approximate surface area is 160 Å². The highest BCUT2D eigenvalue weighted by atomic mass is 19.1. The third-order valence-electron chi connectivity index (χ3n) is 4.25. The van der Waals surface area contributed by atoms with Gasteiger partial charge in [0.25, 0.3) is 5.89 Å². The lowest BCUT2D eigenvalue weighted by atomic mass is 10.1. The molecule has 4 nitrogen and oxygen atoms in total. The largest absolute Gasteiger partial charge is 0.489 e. The Morgan fingerprint density at radius 1 is 0.893 bits per heavy atom. The molecule has 0 aliphatic carbocycles. The zero-order valence-electron chi connectivity index (χ0n) is 15.0. The Hall–Kier alpha value is -3.54. The average molecular weight is 378 g/mol. The molecule has 4 rings (SSSR count). The van der Waals surface area contributed by atoms with E-state index < -0.39 is 11.6 Å². The first-order valence-electron chi connectivity index (χ1n) is 8.66. The van der Waals surface area contributed by atoms with E-state index in [4.69, 9.17) is 9.26 Å². The van der Waals surface area contributed by atoms with Crippen molar-refractivity contribution >= 4 is 0 Å². The van der Waals surface area contributed by atoms with E-state index in [2.05, 4.69) is 10.1 Å². The summed E-state index contributed by atoms with van der Waals surface area (Å²) in [6, 6.07) is 18.3. The topological polar surface area (TPSA) is 48.2 Å². The van der Waals surface area contributed by atoms with Crippen molar-refractivity contribution in [3.05, 3.63) is 89.5 Å². The van der Waals surface area contributed by atoms with Crippen LogP contribution in [0.15, 0.2) is 71.3 Å². The predicted octanol–water partition coefficient (Wildman–Crippen LogP) is 5.57. The van der Waals surface area contributed by atoms with Crippen LogP contribution < -0.4 is 4.74 Å². The number of hydrogen-bond acceptors (Lipinski definition) is 4. The number of aromatic nitrogens is 2. The molecule has 4 aromatic rings. The SMILES string of the molecule is Cc1ccc(-c2nc(-c3ccc(OCc4ccc(F)cc4F)cc3)no2)cc1. The number of ether oxygens (including phenoxy) is 1. The van der Waals surface area contributed by atoms with Gasteiger partial charge in [-0.3, -0.25) is 0 Å². The molecular weight excluding hydrogens is 362 g/mol. The van der Waals surface area contributed by atoms with Crippen molar-refractivity contribution in [2.24, 2.45) is 0 Å². The van der Waals surface area contributed by atoms with Gasteiger partial charge in [-0.15, -0.1) is 0 Å². The van der Waals surface area contributed by atoms with Crippen molar-refractivity contribution in [3.8, 4) is 28.6 Å². The predicted molar refractivity (Wildman–Crippen MR) is 101 cm³/mol. The summed E-state index contributed by atoms with van der Waals surface area (Å²) >= 11 is 0. The molecule has 0 atom stereocenters. The lowest BCUT2D eigenvalue weighted by Crippen LogP contribution is -1.99. The van der Waals surface area contributed by atoms with Gasteiger partial charge in [-0.05, 0) is 55.5 Å². The van der Waals surface area contributed by atoms with E-state index in [1.807, 2.05) is 31.2 Å². The highest BCUT2D eigenvalue weighted by molar-refractivity contribution is 5.60. The molecule has 1 heterocycles. The zero-order valence-corrected chi connectivity index (χ0v) is 15.0. The minimum atomic E-state index is -0.632. The van der Waals surface area contributed by atoms with E-state index in [1.165, 1.54) is 12.1 Å². The van der Waals surface area contributed by atoms with Gasteiger partial charge < -0.3 is 9.26 Å². The summed E-state index contributed by atoms with van der Waals surface area (Å²) in [4.78, 5) is 4.42. The van der Waals surface area contributed by atoms with Crippen LogP contribution in [0.4, 0.5) is 8.78 Å². The molecule has 0 bridgehead atoms. The lowest BCUT2D eigenvalue weighted by molar-refractivity contribution is 0.299.